The van der Waals surface area contributed by atoms with E-state index >= 15 is 0 Å². The number of H-pyrrole nitrogens is 1. The number of fused-ring (bicyclic) bond motifs is 1. The van der Waals surface area contributed by atoms with Crippen molar-refractivity contribution >= 4 is 22.7 Å². The molecule has 0 spiro atoms. The summed E-state index contributed by atoms with van der Waals surface area (Å²) in [5.41, 5.74) is 0.882. The van der Waals surface area contributed by atoms with Crippen LogP contribution in [0.15, 0.2) is 18.5 Å². The van der Waals surface area contributed by atoms with Gasteiger partial charge in [-0.2, -0.15) is 0 Å². The largest absolute Gasteiger partial charge is 0.456 e. The molecule has 0 bridgehead atoms. The summed E-state index contributed by atoms with van der Waals surface area (Å²) >= 11 is 0. The highest BCUT2D eigenvalue weighted by Crippen LogP contribution is 2.27. The van der Waals surface area contributed by atoms with Gasteiger partial charge in [-0.3, -0.25) is 0 Å². The molecule has 0 atom stereocenters. The minimum atomic E-state index is -0.517. The maximum absolute atomic E-state index is 12.4. The number of hydrogen-bond acceptors (Lipinski definition) is 5. The third-order valence-electron chi connectivity index (χ3n) is 3.61. The fourth-order valence-electron chi connectivity index (χ4n) is 2.65. The number of anilines is 1. The summed E-state index contributed by atoms with van der Waals surface area (Å²) in [5, 5.41) is 4.19. The molecule has 0 aliphatic carbocycles. The van der Waals surface area contributed by atoms with Crippen molar-refractivity contribution < 1.29 is 9.53 Å². The summed E-state index contributed by atoms with van der Waals surface area (Å²) in [6, 6.07) is 1.90. The van der Waals surface area contributed by atoms with Gasteiger partial charge in [-0.05, 0) is 26.8 Å². The van der Waals surface area contributed by atoms with Gasteiger partial charge in [0.15, 0.2) is 5.82 Å². The maximum atomic E-state index is 12.4. The molecule has 3 heterocycles. The van der Waals surface area contributed by atoms with E-state index in [1.54, 1.807) is 6.20 Å². The SMILES string of the molecule is CC(C)(C)OC(=O)c1cnc(N2CCNCC2)c2[nH]ccc12. The molecule has 2 aromatic rings. The molecule has 0 radical (unpaired) electrons. The zero-order chi connectivity index (χ0) is 15.7. The number of rotatable bonds is 2. The number of esters is 1. The van der Waals surface area contributed by atoms with Crippen molar-refractivity contribution in [1.29, 1.82) is 0 Å². The lowest BCUT2D eigenvalue weighted by Gasteiger charge is -2.29. The van der Waals surface area contributed by atoms with Gasteiger partial charge in [0.2, 0.25) is 0 Å². The first-order valence-electron chi connectivity index (χ1n) is 7.61. The summed E-state index contributed by atoms with van der Waals surface area (Å²) in [6.07, 6.45) is 3.47. The fourth-order valence-corrected chi connectivity index (χ4v) is 2.65. The Labute approximate surface area is 129 Å². The molecule has 3 rings (SSSR count). The van der Waals surface area contributed by atoms with Crippen molar-refractivity contribution in [3.8, 4) is 0 Å². The van der Waals surface area contributed by atoms with Crippen LogP contribution in [-0.2, 0) is 4.74 Å². The van der Waals surface area contributed by atoms with Crippen LogP contribution >= 0.6 is 0 Å². The van der Waals surface area contributed by atoms with Gasteiger partial charge >= 0.3 is 5.97 Å². The summed E-state index contributed by atoms with van der Waals surface area (Å²) in [6.45, 7) is 9.29. The summed E-state index contributed by atoms with van der Waals surface area (Å²) < 4.78 is 5.47. The molecule has 6 heteroatoms. The van der Waals surface area contributed by atoms with E-state index in [4.69, 9.17) is 4.74 Å². The third kappa shape index (κ3) is 2.92. The lowest BCUT2D eigenvalue weighted by atomic mass is 10.1. The van der Waals surface area contributed by atoms with E-state index in [0.717, 1.165) is 42.9 Å². The van der Waals surface area contributed by atoms with Gasteiger partial charge in [-0.25, -0.2) is 9.78 Å². The molecule has 0 amide bonds. The highest BCUT2D eigenvalue weighted by molar-refractivity contribution is 6.06. The van der Waals surface area contributed by atoms with Gasteiger partial charge in [0.25, 0.3) is 0 Å². The van der Waals surface area contributed by atoms with Gasteiger partial charge in [-0.1, -0.05) is 0 Å². The molecule has 0 aromatic carbocycles. The van der Waals surface area contributed by atoms with E-state index in [9.17, 15) is 4.79 Å². The highest BCUT2D eigenvalue weighted by Gasteiger charge is 2.23. The molecule has 1 fully saturated rings. The van der Waals surface area contributed by atoms with Crippen LogP contribution in [0, 0.1) is 0 Å². The number of pyridine rings is 1. The van der Waals surface area contributed by atoms with E-state index in [2.05, 4.69) is 20.2 Å². The van der Waals surface area contributed by atoms with Crippen LogP contribution in [0.2, 0.25) is 0 Å². The number of nitrogens with one attached hydrogen (secondary N) is 2. The molecule has 0 unspecified atom stereocenters. The minimum absolute atomic E-state index is 0.337. The van der Waals surface area contributed by atoms with E-state index < -0.39 is 5.60 Å². The van der Waals surface area contributed by atoms with E-state index in [-0.39, 0.29) is 5.97 Å². The van der Waals surface area contributed by atoms with Crippen molar-refractivity contribution in [2.24, 2.45) is 0 Å². The van der Waals surface area contributed by atoms with Crippen LogP contribution < -0.4 is 10.2 Å². The Morgan fingerprint density at radius 2 is 2.05 bits per heavy atom. The van der Waals surface area contributed by atoms with Crippen molar-refractivity contribution in [3.63, 3.8) is 0 Å². The molecule has 1 saturated heterocycles. The molecular weight excluding hydrogens is 280 g/mol. The summed E-state index contributed by atoms with van der Waals surface area (Å²) in [4.78, 5) is 22.3. The fraction of sp³-hybridized carbons (Fsp3) is 0.500. The van der Waals surface area contributed by atoms with Crippen molar-refractivity contribution in [2.75, 3.05) is 31.1 Å². The Kier molecular flexibility index (Phi) is 3.78. The third-order valence-corrected chi connectivity index (χ3v) is 3.61. The molecule has 2 aromatic heterocycles. The second kappa shape index (κ2) is 5.61. The zero-order valence-electron chi connectivity index (χ0n) is 13.3. The second-order valence-corrected chi connectivity index (χ2v) is 6.50. The average Bonchev–Trinajstić information content (AvgIpc) is 2.94. The van der Waals surface area contributed by atoms with Crippen LogP contribution in [0.4, 0.5) is 5.82 Å². The average molecular weight is 302 g/mol. The Hall–Kier alpha value is -2.08. The number of nitrogens with zero attached hydrogens (tertiary/aromatic N) is 2. The van der Waals surface area contributed by atoms with E-state index in [0.29, 0.717) is 5.56 Å². The van der Waals surface area contributed by atoms with Gasteiger partial charge in [-0.15, -0.1) is 0 Å². The highest BCUT2D eigenvalue weighted by atomic mass is 16.6. The van der Waals surface area contributed by atoms with Gasteiger partial charge in [0.05, 0.1) is 11.1 Å². The molecule has 0 saturated carbocycles. The predicted octanol–water partition coefficient (Wildman–Crippen LogP) is 1.93. The van der Waals surface area contributed by atoms with Crippen LogP contribution in [0.1, 0.15) is 31.1 Å². The number of piperazine rings is 1. The van der Waals surface area contributed by atoms with Gasteiger partial charge in [0.1, 0.15) is 5.60 Å². The maximum Gasteiger partial charge on any atom is 0.340 e. The van der Waals surface area contributed by atoms with E-state index in [1.165, 1.54) is 0 Å². The summed E-state index contributed by atoms with van der Waals surface area (Å²) in [5.74, 6) is 0.560. The Morgan fingerprint density at radius 3 is 2.73 bits per heavy atom. The van der Waals surface area contributed by atoms with Crippen molar-refractivity contribution in [1.82, 2.24) is 15.3 Å². The number of hydrogen-bond donors (Lipinski definition) is 2. The molecular formula is C16H22N4O2. The Bertz CT molecular complexity index is 681. The second-order valence-electron chi connectivity index (χ2n) is 6.50. The molecule has 22 heavy (non-hydrogen) atoms. The first-order chi connectivity index (χ1) is 10.5. The molecule has 1 aliphatic heterocycles. The number of aromatic amines is 1. The van der Waals surface area contributed by atoms with Crippen molar-refractivity contribution in [3.05, 3.63) is 24.0 Å². The smallest absolute Gasteiger partial charge is 0.340 e. The molecule has 118 valence electrons. The molecule has 2 N–H and O–H groups in total. The Morgan fingerprint density at radius 1 is 1.32 bits per heavy atom. The standard InChI is InChI=1S/C16H22N4O2/c1-16(2,3)22-15(21)12-10-19-14(13-11(12)4-5-18-13)20-8-6-17-7-9-20/h4-5,10,17-18H,6-9H2,1-3H3. The zero-order valence-corrected chi connectivity index (χ0v) is 13.3. The number of aromatic nitrogens is 2. The van der Waals surface area contributed by atoms with Crippen LogP contribution in [0.5, 0.6) is 0 Å². The first kappa shape index (κ1) is 14.8. The lowest BCUT2D eigenvalue weighted by molar-refractivity contribution is 0.00715. The van der Waals surface area contributed by atoms with E-state index in [1.807, 2.05) is 33.0 Å². The number of ether oxygens (including phenoxy) is 1. The van der Waals surface area contributed by atoms with Crippen LogP contribution in [0.25, 0.3) is 10.9 Å². The minimum Gasteiger partial charge on any atom is -0.456 e. The van der Waals surface area contributed by atoms with Gasteiger partial charge < -0.3 is 19.9 Å². The number of carbonyl (C=O) groups is 1. The monoisotopic (exact) mass is 302 g/mol. The predicted molar refractivity (Wildman–Crippen MR) is 86.3 cm³/mol. The Balaban J connectivity index is 1.97. The molecule has 6 nitrogen and oxygen atoms in total. The topological polar surface area (TPSA) is 70.2 Å². The first-order valence-corrected chi connectivity index (χ1v) is 7.61. The quantitative estimate of drug-likeness (QED) is 0.830. The summed E-state index contributed by atoms with van der Waals surface area (Å²) in [7, 11) is 0. The lowest BCUT2D eigenvalue weighted by Crippen LogP contribution is -2.44. The molecule has 1 aliphatic rings. The van der Waals surface area contributed by atoms with Crippen LogP contribution in [0.3, 0.4) is 0 Å². The normalized spacial score (nSPS) is 16.0. The van der Waals surface area contributed by atoms with Crippen molar-refractivity contribution in [2.45, 2.75) is 26.4 Å². The van der Waals surface area contributed by atoms with Gasteiger partial charge in [0, 0.05) is 44.0 Å². The number of carbonyl (C=O) groups excluding carboxylic acids is 1. The van der Waals surface area contributed by atoms with Crippen LogP contribution in [-0.4, -0.2) is 47.7 Å².